The first-order chi connectivity index (χ1) is 11.9. The van der Waals surface area contributed by atoms with Crippen LogP contribution in [0.1, 0.15) is 10.4 Å². The summed E-state index contributed by atoms with van der Waals surface area (Å²) < 4.78 is 9.96. The smallest absolute Gasteiger partial charge is 0.255 e. The molecule has 0 saturated carbocycles. The predicted molar refractivity (Wildman–Crippen MR) is 97.9 cm³/mol. The zero-order chi connectivity index (χ0) is 18.4. The lowest BCUT2D eigenvalue weighted by molar-refractivity contribution is -0.119. The van der Waals surface area contributed by atoms with Crippen molar-refractivity contribution in [2.45, 2.75) is 0 Å². The van der Waals surface area contributed by atoms with Gasteiger partial charge in [0.25, 0.3) is 5.91 Å². The van der Waals surface area contributed by atoms with Gasteiger partial charge >= 0.3 is 0 Å². The molecule has 0 aromatic heterocycles. The second-order valence-electron chi connectivity index (χ2n) is 4.98. The normalized spacial score (nSPS) is 10.2. The molecule has 0 fully saturated rings. The molecule has 0 aliphatic carbocycles. The molecule has 2 aromatic carbocycles. The Labute approximate surface area is 155 Å². The van der Waals surface area contributed by atoms with Gasteiger partial charge in [-0.1, -0.05) is 23.2 Å². The van der Waals surface area contributed by atoms with E-state index in [2.05, 4.69) is 10.6 Å². The number of halogens is 2. The SMILES string of the molecule is COCC(=O)Nc1cc(C(=O)Nc2ccc(Cl)c(Cl)c2)ccc1OC. The number of carbonyl (C=O) groups excluding carboxylic acids is 2. The Morgan fingerprint density at radius 1 is 1.00 bits per heavy atom. The van der Waals surface area contributed by atoms with E-state index < -0.39 is 0 Å². The van der Waals surface area contributed by atoms with E-state index in [0.29, 0.717) is 32.7 Å². The molecule has 0 atom stereocenters. The van der Waals surface area contributed by atoms with Gasteiger partial charge in [0.05, 0.1) is 22.8 Å². The highest BCUT2D eigenvalue weighted by atomic mass is 35.5. The van der Waals surface area contributed by atoms with Crippen molar-refractivity contribution < 1.29 is 19.1 Å². The topological polar surface area (TPSA) is 76.7 Å². The van der Waals surface area contributed by atoms with Crippen molar-refractivity contribution in [3.8, 4) is 5.75 Å². The van der Waals surface area contributed by atoms with E-state index in [1.54, 1.807) is 30.3 Å². The van der Waals surface area contributed by atoms with Crippen LogP contribution in [-0.4, -0.2) is 32.6 Å². The van der Waals surface area contributed by atoms with E-state index in [1.165, 1.54) is 20.3 Å². The highest BCUT2D eigenvalue weighted by Crippen LogP contribution is 2.27. The van der Waals surface area contributed by atoms with Gasteiger partial charge in [-0.15, -0.1) is 0 Å². The zero-order valence-corrected chi connectivity index (χ0v) is 15.1. The minimum atomic E-state index is -0.372. The van der Waals surface area contributed by atoms with Crippen molar-refractivity contribution in [2.24, 2.45) is 0 Å². The van der Waals surface area contributed by atoms with Crippen molar-refractivity contribution >= 4 is 46.4 Å². The molecule has 0 spiro atoms. The average molecular weight is 383 g/mol. The largest absolute Gasteiger partial charge is 0.495 e. The average Bonchev–Trinajstić information content (AvgIpc) is 2.58. The lowest BCUT2D eigenvalue weighted by Crippen LogP contribution is -2.18. The van der Waals surface area contributed by atoms with Gasteiger partial charge in [0.2, 0.25) is 5.91 Å². The fraction of sp³-hybridized carbons (Fsp3) is 0.176. The van der Waals surface area contributed by atoms with Gasteiger partial charge in [0, 0.05) is 18.4 Å². The molecule has 0 unspecified atom stereocenters. The quantitative estimate of drug-likeness (QED) is 0.795. The molecule has 2 amide bonds. The van der Waals surface area contributed by atoms with Crippen LogP contribution in [0.25, 0.3) is 0 Å². The maximum atomic E-state index is 12.4. The van der Waals surface area contributed by atoms with Crippen molar-refractivity contribution in [2.75, 3.05) is 31.5 Å². The Hall–Kier alpha value is -2.28. The first kappa shape index (κ1) is 19.1. The Morgan fingerprint density at radius 2 is 1.76 bits per heavy atom. The number of amides is 2. The molecule has 0 saturated heterocycles. The molecule has 0 aliphatic rings. The maximum absolute atomic E-state index is 12.4. The van der Waals surface area contributed by atoms with E-state index >= 15 is 0 Å². The van der Waals surface area contributed by atoms with Crippen molar-refractivity contribution in [1.82, 2.24) is 0 Å². The summed E-state index contributed by atoms with van der Waals surface area (Å²) in [6, 6.07) is 9.45. The van der Waals surface area contributed by atoms with E-state index in [9.17, 15) is 9.59 Å². The van der Waals surface area contributed by atoms with E-state index in [4.69, 9.17) is 32.7 Å². The molecule has 0 heterocycles. The Kier molecular flexibility index (Phi) is 6.64. The third-order valence-electron chi connectivity index (χ3n) is 3.19. The summed E-state index contributed by atoms with van der Waals surface area (Å²) in [4.78, 5) is 24.1. The van der Waals surface area contributed by atoms with Crippen LogP contribution in [0.4, 0.5) is 11.4 Å². The number of rotatable bonds is 6. The first-order valence-corrected chi connectivity index (χ1v) is 7.93. The number of hydrogen-bond donors (Lipinski definition) is 2. The summed E-state index contributed by atoms with van der Waals surface area (Å²) in [5.41, 5.74) is 1.20. The standard InChI is InChI=1S/C17H16Cl2N2O4/c1-24-9-16(22)21-14-7-10(3-6-15(14)25-2)17(23)20-11-4-5-12(18)13(19)8-11/h3-8H,9H2,1-2H3,(H,20,23)(H,21,22). The molecule has 2 aromatic rings. The summed E-state index contributed by atoms with van der Waals surface area (Å²) in [5, 5.41) is 6.07. The molecule has 0 radical (unpaired) electrons. The van der Waals surface area contributed by atoms with E-state index in [1.807, 2.05) is 0 Å². The maximum Gasteiger partial charge on any atom is 0.255 e. The van der Waals surface area contributed by atoms with Crippen LogP contribution < -0.4 is 15.4 Å². The van der Waals surface area contributed by atoms with Crippen LogP contribution in [0.15, 0.2) is 36.4 Å². The summed E-state index contributed by atoms with van der Waals surface area (Å²) in [7, 11) is 2.88. The van der Waals surface area contributed by atoms with E-state index in [-0.39, 0.29) is 18.4 Å². The number of methoxy groups -OCH3 is 2. The second kappa shape index (κ2) is 8.71. The van der Waals surface area contributed by atoms with E-state index in [0.717, 1.165) is 0 Å². The Morgan fingerprint density at radius 3 is 2.40 bits per heavy atom. The number of benzene rings is 2. The van der Waals surface area contributed by atoms with Crippen LogP contribution in [0.2, 0.25) is 10.0 Å². The lowest BCUT2D eigenvalue weighted by atomic mass is 10.1. The highest BCUT2D eigenvalue weighted by Gasteiger charge is 2.13. The van der Waals surface area contributed by atoms with Gasteiger partial charge in [-0.2, -0.15) is 0 Å². The van der Waals surface area contributed by atoms with Gasteiger partial charge in [0.1, 0.15) is 12.4 Å². The minimum absolute atomic E-state index is 0.108. The van der Waals surface area contributed by atoms with Gasteiger partial charge < -0.3 is 20.1 Å². The summed E-state index contributed by atoms with van der Waals surface area (Å²) in [6.07, 6.45) is 0. The molecule has 2 N–H and O–H groups in total. The number of anilines is 2. The molecule has 8 heteroatoms. The fourth-order valence-corrected chi connectivity index (χ4v) is 2.34. The number of ether oxygens (including phenoxy) is 2. The number of carbonyl (C=O) groups is 2. The zero-order valence-electron chi connectivity index (χ0n) is 13.6. The third kappa shape index (κ3) is 5.09. The predicted octanol–water partition coefficient (Wildman–Crippen LogP) is 3.84. The van der Waals surface area contributed by atoms with Gasteiger partial charge in [0.15, 0.2) is 0 Å². The molecular weight excluding hydrogens is 367 g/mol. The van der Waals surface area contributed by atoms with Crippen molar-refractivity contribution in [1.29, 1.82) is 0 Å². The van der Waals surface area contributed by atoms with Crippen LogP contribution in [-0.2, 0) is 9.53 Å². The van der Waals surface area contributed by atoms with Gasteiger partial charge in [-0.3, -0.25) is 9.59 Å². The molecule has 2 rings (SSSR count). The number of nitrogens with one attached hydrogen (secondary N) is 2. The van der Waals surface area contributed by atoms with Crippen LogP contribution in [0.3, 0.4) is 0 Å². The summed E-state index contributed by atoms with van der Waals surface area (Å²) in [6.45, 7) is -0.108. The molecular formula is C17H16Cl2N2O4. The summed E-state index contributed by atoms with van der Waals surface area (Å²) >= 11 is 11.8. The Bertz CT molecular complexity index is 796. The molecule has 0 aliphatic heterocycles. The monoisotopic (exact) mass is 382 g/mol. The van der Waals surface area contributed by atoms with Crippen LogP contribution >= 0.6 is 23.2 Å². The molecule has 0 bridgehead atoms. The fourth-order valence-electron chi connectivity index (χ4n) is 2.04. The first-order valence-electron chi connectivity index (χ1n) is 7.18. The van der Waals surface area contributed by atoms with Crippen molar-refractivity contribution in [3.63, 3.8) is 0 Å². The van der Waals surface area contributed by atoms with Gasteiger partial charge in [-0.25, -0.2) is 0 Å². The second-order valence-corrected chi connectivity index (χ2v) is 5.79. The summed E-state index contributed by atoms with van der Waals surface area (Å²) in [5.74, 6) is -0.304. The van der Waals surface area contributed by atoms with Crippen molar-refractivity contribution in [3.05, 3.63) is 52.0 Å². The molecule has 25 heavy (non-hydrogen) atoms. The molecule has 6 nitrogen and oxygen atoms in total. The van der Waals surface area contributed by atoms with Crippen LogP contribution in [0.5, 0.6) is 5.75 Å². The van der Waals surface area contributed by atoms with Crippen LogP contribution in [0, 0.1) is 0 Å². The molecule has 132 valence electrons. The number of hydrogen-bond acceptors (Lipinski definition) is 4. The Balaban J connectivity index is 2.21. The third-order valence-corrected chi connectivity index (χ3v) is 3.93. The van der Waals surface area contributed by atoms with Gasteiger partial charge in [-0.05, 0) is 36.4 Å². The minimum Gasteiger partial charge on any atom is -0.495 e. The lowest BCUT2D eigenvalue weighted by Gasteiger charge is -2.12. The highest BCUT2D eigenvalue weighted by molar-refractivity contribution is 6.42.